The second-order valence-corrected chi connectivity index (χ2v) is 4.70. The first kappa shape index (κ1) is 10.4. The smallest absolute Gasteiger partial charge is 0.216 e. The molecule has 72 valence electrons. The van der Waals surface area contributed by atoms with Crippen molar-refractivity contribution in [1.82, 2.24) is 0 Å². The Hall–Kier alpha value is -0.700. The van der Waals surface area contributed by atoms with Gasteiger partial charge in [0.1, 0.15) is 5.76 Å². The molecule has 0 aliphatic carbocycles. The van der Waals surface area contributed by atoms with Crippen LogP contribution in [0.15, 0.2) is 24.0 Å². The third-order valence-corrected chi connectivity index (χ3v) is 3.06. The summed E-state index contributed by atoms with van der Waals surface area (Å²) in [6.07, 6.45) is 7.27. The molecule has 0 bridgehead atoms. The Morgan fingerprint density at radius 2 is 2.38 bits per heavy atom. The van der Waals surface area contributed by atoms with Crippen LogP contribution in [-0.2, 0) is 4.79 Å². The monoisotopic (exact) mass is 198 g/mol. The van der Waals surface area contributed by atoms with Gasteiger partial charge in [-0.15, -0.1) is 0 Å². The van der Waals surface area contributed by atoms with E-state index in [0.29, 0.717) is 0 Å². The van der Waals surface area contributed by atoms with Gasteiger partial charge in [0.2, 0.25) is 5.12 Å². The van der Waals surface area contributed by atoms with Gasteiger partial charge in [0, 0.05) is 6.08 Å². The number of allylic oxidation sites excluding steroid dienone is 1. The minimum Gasteiger partial charge on any atom is -0.510 e. The molecule has 1 N–H and O–H groups in total. The van der Waals surface area contributed by atoms with Gasteiger partial charge in [-0.1, -0.05) is 37.3 Å². The maximum Gasteiger partial charge on any atom is 0.216 e. The SMILES string of the molecule is CCC/C=C/[C@]1(C)SC(=O)C=C1O. The average Bonchev–Trinajstić information content (AvgIpc) is 2.27. The van der Waals surface area contributed by atoms with Gasteiger partial charge in [-0.2, -0.15) is 0 Å². The largest absolute Gasteiger partial charge is 0.510 e. The van der Waals surface area contributed by atoms with Crippen LogP contribution in [0.25, 0.3) is 0 Å². The maximum atomic E-state index is 11.0. The van der Waals surface area contributed by atoms with Crippen molar-refractivity contribution in [2.24, 2.45) is 0 Å². The normalized spacial score (nSPS) is 28.5. The van der Waals surface area contributed by atoms with Crippen LogP contribution in [0.1, 0.15) is 26.7 Å². The van der Waals surface area contributed by atoms with Crippen LogP contribution in [0.5, 0.6) is 0 Å². The Morgan fingerprint density at radius 1 is 1.69 bits per heavy atom. The zero-order valence-corrected chi connectivity index (χ0v) is 8.73. The van der Waals surface area contributed by atoms with Gasteiger partial charge in [-0.3, -0.25) is 4.79 Å². The summed E-state index contributed by atoms with van der Waals surface area (Å²) >= 11 is 1.16. The van der Waals surface area contributed by atoms with E-state index in [4.69, 9.17) is 0 Å². The molecule has 0 spiro atoms. The molecule has 1 rings (SSSR count). The first-order chi connectivity index (χ1) is 6.08. The fourth-order valence-corrected chi connectivity index (χ4v) is 2.06. The number of aliphatic hydroxyl groups excluding tert-OH is 1. The van der Waals surface area contributed by atoms with E-state index in [9.17, 15) is 9.90 Å². The number of hydrogen-bond donors (Lipinski definition) is 1. The van der Waals surface area contributed by atoms with Crippen molar-refractivity contribution >= 4 is 16.9 Å². The summed E-state index contributed by atoms with van der Waals surface area (Å²) in [5, 5.41) is 9.42. The van der Waals surface area contributed by atoms with E-state index in [0.717, 1.165) is 24.6 Å². The van der Waals surface area contributed by atoms with E-state index in [1.54, 1.807) is 0 Å². The van der Waals surface area contributed by atoms with Gasteiger partial charge >= 0.3 is 0 Å². The predicted molar refractivity (Wildman–Crippen MR) is 55.8 cm³/mol. The third kappa shape index (κ3) is 2.37. The van der Waals surface area contributed by atoms with Gasteiger partial charge in [-0.05, 0) is 13.3 Å². The Bertz CT molecular complexity index is 268. The van der Waals surface area contributed by atoms with Crippen LogP contribution in [0.2, 0.25) is 0 Å². The molecule has 0 saturated carbocycles. The first-order valence-electron chi connectivity index (χ1n) is 4.40. The summed E-state index contributed by atoms with van der Waals surface area (Å²) < 4.78 is -0.522. The summed E-state index contributed by atoms with van der Waals surface area (Å²) in [5.41, 5.74) is 0. The van der Waals surface area contributed by atoms with Crippen LogP contribution >= 0.6 is 11.8 Å². The number of thioether (sulfide) groups is 1. The molecule has 0 fully saturated rings. The fraction of sp³-hybridized carbons (Fsp3) is 0.500. The molecule has 2 nitrogen and oxygen atoms in total. The highest BCUT2D eigenvalue weighted by Gasteiger charge is 2.35. The lowest BCUT2D eigenvalue weighted by Gasteiger charge is -2.17. The summed E-state index contributed by atoms with van der Waals surface area (Å²) in [6.45, 7) is 3.94. The summed E-state index contributed by atoms with van der Waals surface area (Å²) in [7, 11) is 0. The molecule has 1 atom stereocenters. The van der Waals surface area contributed by atoms with E-state index < -0.39 is 4.75 Å². The lowest BCUT2D eigenvalue weighted by molar-refractivity contribution is -0.106. The highest BCUT2D eigenvalue weighted by Crippen LogP contribution is 2.39. The van der Waals surface area contributed by atoms with Gasteiger partial charge in [0.15, 0.2) is 0 Å². The second-order valence-electron chi connectivity index (χ2n) is 3.25. The highest BCUT2D eigenvalue weighted by molar-refractivity contribution is 8.15. The summed E-state index contributed by atoms with van der Waals surface area (Å²) in [4.78, 5) is 11.0. The number of carbonyl (C=O) groups is 1. The molecule has 0 amide bonds. The molecule has 0 unspecified atom stereocenters. The quantitative estimate of drug-likeness (QED) is 0.708. The van der Waals surface area contributed by atoms with Crippen LogP contribution in [0.4, 0.5) is 0 Å². The van der Waals surface area contributed by atoms with Crippen molar-refractivity contribution < 1.29 is 9.90 Å². The standard InChI is InChI=1S/C10H14O2S/c1-3-4-5-6-10(2)8(11)7-9(12)13-10/h5-7,11H,3-4H2,1-2H3/b6-5+/t10-/m0/s1. The van der Waals surface area contributed by atoms with Crippen molar-refractivity contribution in [3.8, 4) is 0 Å². The number of hydrogen-bond acceptors (Lipinski definition) is 3. The molecule has 0 aromatic heterocycles. The fourth-order valence-electron chi connectivity index (χ4n) is 1.14. The second kappa shape index (κ2) is 4.01. The molecular formula is C10H14O2S. The van der Waals surface area contributed by atoms with Crippen molar-refractivity contribution in [2.75, 3.05) is 0 Å². The summed E-state index contributed by atoms with van der Waals surface area (Å²) in [6, 6.07) is 0. The minimum absolute atomic E-state index is 0.0684. The minimum atomic E-state index is -0.522. The lowest BCUT2D eigenvalue weighted by atomic mass is 10.1. The summed E-state index contributed by atoms with van der Waals surface area (Å²) in [5.74, 6) is 0.162. The van der Waals surface area contributed by atoms with E-state index >= 15 is 0 Å². The topological polar surface area (TPSA) is 37.3 Å². The van der Waals surface area contributed by atoms with Crippen LogP contribution < -0.4 is 0 Å². The maximum absolute atomic E-state index is 11.0. The molecule has 13 heavy (non-hydrogen) atoms. The molecule has 0 radical (unpaired) electrons. The Morgan fingerprint density at radius 3 is 2.85 bits per heavy atom. The highest BCUT2D eigenvalue weighted by atomic mass is 32.2. The average molecular weight is 198 g/mol. The van der Waals surface area contributed by atoms with Gasteiger partial charge in [0.05, 0.1) is 4.75 Å². The number of rotatable bonds is 3. The lowest BCUT2D eigenvalue weighted by Crippen LogP contribution is -2.16. The first-order valence-corrected chi connectivity index (χ1v) is 5.22. The van der Waals surface area contributed by atoms with Crippen LogP contribution in [0.3, 0.4) is 0 Å². The van der Waals surface area contributed by atoms with Gasteiger partial charge < -0.3 is 5.11 Å². The molecular weight excluding hydrogens is 184 g/mol. The number of aliphatic hydroxyl groups is 1. The van der Waals surface area contributed by atoms with Gasteiger partial charge in [-0.25, -0.2) is 0 Å². The zero-order valence-electron chi connectivity index (χ0n) is 7.91. The Balaban J connectivity index is 2.68. The molecule has 0 aromatic carbocycles. The third-order valence-electron chi connectivity index (χ3n) is 1.97. The Labute approximate surface area is 82.7 Å². The molecule has 1 aliphatic rings. The van der Waals surface area contributed by atoms with Crippen molar-refractivity contribution in [2.45, 2.75) is 31.4 Å². The number of unbranched alkanes of at least 4 members (excludes halogenated alkanes) is 1. The zero-order chi connectivity index (χ0) is 9.90. The Kier molecular flexibility index (Phi) is 3.20. The van der Waals surface area contributed by atoms with Gasteiger partial charge in [0.25, 0.3) is 0 Å². The molecule has 1 heterocycles. The number of carbonyl (C=O) groups excluding carboxylic acids is 1. The van der Waals surface area contributed by atoms with Crippen LogP contribution in [-0.4, -0.2) is 15.0 Å². The van der Waals surface area contributed by atoms with E-state index in [1.807, 2.05) is 19.1 Å². The van der Waals surface area contributed by atoms with Crippen molar-refractivity contribution in [3.05, 3.63) is 24.0 Å². The van der Waals surface area contributed by atoms with E-state index in [2.05, 4.69) is 6.92 Å². The predicted octanol–water partition coefficient (Wildman–Crippen LogP) is 2.82. The van der Waals surface area contributed by atoms with Crippen molar-refractivity contribution in [3.63, 3.8) is 0 Å². The van der Waals surface area contributed by atoms with Crippen molar-refractivity contribution in [1.29, 1.82) is 0 Å². The van der Waals surface area contributed by atoms with E-state index in [1.165, 1.54) is 6.08 Å². The van der Waals surface area contributed by atoms with E-state index in [-0.39, 0.29) is 10.9 Å². The molecule has 1 aliphatic heterocycles. The molecule has 3 heteroatoms. The molecule has 0 saturated heterocycles. The molecule has 0 aromatic rings. The van der Waals surface area contributed by atoms with Crippen LogP contribution in [0, 0.1) is 0 Å².